The van der Waals surface area contributed by atoms with Gasteiger partial charge in [-0.25, -0.2) is 4.68 Å². The van der Waals surface area contributed by atoms with Crippen LogP contribution in [0, 0.1) is 0 Å². The first-order valence-corrected chi connectivity index (χ1v) is 7.70. The molecule has 0 spiro atoms. The van der Waals surface area contributed by atoms with Crippen LogP contribution in [-0.4, -0.2) is 32.6 Å². The molecule has 0 aliphatic heterocycles. The van der Waals surface area contributed by atoms with E-state index in [0.29, 0.717) is 28.1 Å². The molecule has 1 heterocycles. The lowest BCUT2D eigenvalue weighted by atomic mass is 10.2. The van der Waals surface area contributed by atoms with E-state index in [4.69, 9.17) is 17.4 Å². The number of benzene rings is 1. The zero-order valence-electron chi connectivity index (χ0n) is 11.7. The number of rotatable bonds is 5. The van der Waals surface area contributed by atoms with Crippen molar-refractivity contribution in [3.05, 3.63) is 29.3 Å². The summed E-state index contributed by atoms with van der Waals surface area (Å²) >= 11 is 7.38. The number of nitrogens with one attached hydrogen (secondary N) is 1. The van der Waals surface area contributed by atoms with Gasteiger partial charge in [0.1, 0.15) is 0 Å². The molecule has 2 rings (SSSR count). The first-order valence-electron chi connectivity index (χ1n) is 6.44. The summed E-state index contributed by atoms with van der Waals surface area (Å²) < 4.78 is 1.35. The molecule has 0 saturated heterocycles. The van der Waals surface area contributed by atoms with Gasteiger partial charge in [-0.1, -0.05) is 35.5 Å². The van der Waals surface area contributed by atoms with E-state index in [0.717, 1.165) is 0 Å². The first kappa shape index (κ1) is 15.7. The van der Waals surface area contributed by atoms with Crippen LogP contribution in [0.4, 0.5) is 0 Å². The monoisotopic (exact) mass is 325 g/mol. The van der Waals surface area contributed by atoms with E-state index < -0.39 is 0 Å². The van der Waals surface area contributed by atoms with Crippen molar-refractivity contribution in [2.24, 2.45) is 0 Å². The molecule has 0 fully saturated rings. The maximum atomic E-state index is 11.7. The number of nitrogen functional groups attached to an aromatic ring is 1. The molecule has 1 amide bonds. The van der Waals surface area contributed by atoms with E-state index in [9.17, 15) is 4.79 Å². The fourth-order valence-electron chi connectivity index (χ4n) is 1.71. The lowest BCUT2D eigenvalue weighted by Gasteiger charge is -2.10. The number of carbonyl (C=O) groups is 1. The highest BCUT2D eigenvalue weighted by Gasteiger charge is 2.20. The second-order valence-electron chi connectivity index (χ2n) is 4.31. The van der Waals surface area contributed by atoms with Gasteiger partial charge in [0.15, 0.2) is 5.82 Å². The van der Waals surface area contributed by atoms with Crippen molar-refractivity contribution in [2.45, 2.75) is 24.3 Å². The molecular weight excluding hydrogens is 310 g/mol. The minimum atomic E-state index is -0.310. The summed E-state index contributed by atoms with van der Waals surface area (Å²) in [6.07, 6.45) is 0. The lowest BCUT2D eigenvalue weighted by Crippen LogP contribution is -2.31. The SMILES string of the molecule is CCNC(=O)[C@@H](C)Sc1nnc(-c2ccccc2Cl)n1N. The summed E-state index contributed by atoms with van der Waals surface area (Å²) in [7, 11) is 0. The zero-order chi connectivity index (χ0) is 15.4. The Labute approximate surface area is 132 Å². The van der Waals surface area contributed by atoms with E-state index in [2.05, 4.69) is 15.5 Å². The second kappa shape index (κ2) is 6.82. The summed E-state index contributed by atoms with van der Waals surface area (Å²) in [5, 5.41) is 11.5. The van der Waals surface area contributed by atoms with Crippen LogP contribution in [0.1, 0.15) is 13.8 Å². The molecule has 0 radical (unpaired) electrons. The average molecular weight is 326 g/mol. The third-order valence-electron chi connectivity index (χ3n) is 2.78. The van der Waals surface area contributed by atoms with E-state index >= 15 is 0 Å². The van der Waals surface area contributed by atoms with Crippen LogP contribution in [-0.2, 0) is 4.79 Å². The minimum Gasteiger partial charge on any atom is -0.355 e. The van der Waals surface area contributed by atoms with Crippen molar-refractivity contribution in [2.75, 3.05) is 12.4 Å². The van der Waals surface area contributed by atoms with Crippen LogP contribution in [0.15, 0.2) is 29.4 Å². The highest BCUT2D eigenvalue weighted by Crippen LogP contribution is 2.28. The van der Waals surface area contributed by atoms with Crippen molar-refractivity contribution in [1.82, 2.24) is 20.2 Å². The number of halogens is 1. The average Bonchev–Trinajstić information content (AvgIpc) is 2.81. The molecule has 1 aromatic heterocycles. The number of amides is 1. The summed E-state index contributed by atoms with van der Waals surface area (Å²) in [6.45, 7) is 4.25. The smallest absolute Gasteiger partial charge is 0.233 e. The Morgan fingerprint density at radius 1 is 1.48 bits per heavy atom. The number of aromatic nitrogens is 3. The van der Waals surface area contributed by atoms with Gasteiger partial charge >= 0.3 is 0 Å². The van der Waals surface area contributed by atoms with Crippen LogP contribution in [0.25, 0.3) is 11.4 Å². The Morgan fingerprint density at radius 2 is 2.19 bits per heavy atom. The standard InChI is InChI=1S/C13H16ClN5OS/c1-3-16-12(20)8(2)21-13-18-17-11(19(13)15)9-6-4-5-7-10(9)14/h4-8H,3,15H2,1-2H3,(H,16,20)/t8-/m1/s1. The molecule has 0 unspecified atom stereocenters. The van der Waals surface area contributed by atoms with Gasteiger partial charge in [0, 0.05) is 12.1 Å². The lowest BCUT2D eigenvalue weighted by molar-refractivity contribution is -0.120. The van der Waals surface area contributed by atoms with E-state index in [1.807, 2.05) is 25.1 Å². The Kier molecular flexibility index (Phi) is 5.08. The maximum absolute atomic E-state index is 11.7. The third-order valence-corrected chi connectivity index (χ3v) is 4.17. The normalized spacial score (nSPS) is 12.1. The molecule has 6 nitrogen and oxygen atoms in total. The van der Waals surface area contributed by atoms with Gasteiger partial charge in [-0.3, -0.25) is 4.79 Å². The largest absolute Gasteiger partial charge is 0.355 e. The Hall–Kier alpha value is -1.73. The van der Waals surface area contributed by atoms with Crippen LogP contribution in [0.2, 0.25) is 5.02 Å². The maximum Gasteiger partial charge on any atom is 0.233 e. The molecule has 0 aliphatic rings. The van der Waals surface area contributed by atoms with Gasteiger partial charge in [0.2, 0.25) is 11.1 Å². The van der Waals surface area contributed by atoms with Crippen LogP contribution < -0.4 is 11.2 Å². The molecule has 1 aromatic carbocycles. The highest BCUT2D eigenvalue weighted by molar-refractivity contribution is 8.00. The summed E-state index contributed by atoms with van der Waals surface area (Å²) in [5.41, 5.74) is 0.701. The van der Waals surface area contributed by atoms with Gasteiger partial charge in [0.05, 0.1) is 10.3 Å². The van der Waals surface area contributed by atoms with Crippen molar-refractivity contribution in [3.63, 3.8) is 0 Å². The summed E-state index contributed by atoms with van der Waals surface area (Å²) in [5.74, 6) is 6.41. The van der Waals surface area contributed by atoms with Gasteiger partial charge in [0.25, 0.3) is 0 Å². The number of hydrogen-bond acceptors (Lipinski definition) is 5. The minimum absolute atomic E-state index is 0.0650. The highest BCUT2D eigenvalue weighted by atomic mass is 35.5. The van der Waals surface area contributed by atoms with E-state index in [-0.39, 0.29) is 11.2 Å². The molecular formula is C13H16ClN5OS. The third kappa shape index (κ3) is 3.48. The topological polar surface area (TPSA) is 85.8 Å². The predicted octanol–water partition coefficient (Wildman–Crippen LogP) is 1.93. The fraction of sp³-hybridized carbons (Fsp3) is 0.308. The van der Waals surface area contributed by atoms with Crippen LogP contribution in [0.5, 0.6) is 0 Å². The quantitative estimate of drug-likeness (QED) is 0.648. The fourth-order valence-corrected chi connectivity index (χ4v) is 2.73. The summed E-state index contributed by atoms with van der Waals surface area (Å²) in [4.78, 5) is 11.7. The van der Waals surface area contributed by atoms with E-state index in [1.165, 1.54) is 16.4 Å². The molecule has 21 heavy (non-hydrogen) atoms. The van der Waals surface area contributed by atoms with E-state index in [1.54, 1.807) is 13.0 Å². The van der Waals surface area contributed by atoms with Gasteiger partial charge in [-0.05, 0) is 26.0 Å². The number of nitrogens with zero attached hydrogens (tertiary/aromatic N) is 3. The Morgan fingerprint density at radius 3 is 2.86 bits per heavy atom. The van der Waals surface area contributed by atoms with Crippen LogP contribution >= 0.6 is 23.4 Å². The molecule has 0 aliphatic carbocycles. The Balaban J connectivity index is 2.22. The van der Waals surface area contributed by atoms with Crippen LogP contribution in [0.3, 0.4) is 0 Å². The molecule has 3 N–H and O–H groups in total. The number of nitrogens with two attached hydrogens (primary N) is 1. The number of carbonyl (C=O) groups excluding carboxylic acids is 1. The molecule has 8 heteroatoms. The van der Waals surface area contributed by atoms with Crippen molar-refractivity contribution >= 4 is 29.3 Å². The number of hydrogen-bond donors (Lipinski definition) is 2. The number of thioether (sulfide) groups is 1. The van der Waals surface area contributed by atoms with Gasteiger partial charge in [-0.15, -0.1) is 10.2 Å². The van der Waals surface area contributed by atoms with Gasteiger partial charge in [-0.2, -0.15) is 0 Å². The molecule has 2 aromatic rings. The van der Waals surface area contributed by atoms with Crippen molar-refractivity contribution in [1.29, 1.82) is 0 Å². The van der Waals surface area contributed by atoms with Crippen molar-refractivity contribution in [3.8, 4) is 11.4 Å². The van der Waals surface area contributed by atoms with Gasteiger partial charge < -0.3 is 11.2 Å². The predicted molar refractivity (Wildman–Crippen MR) is 84.6 cm³/mol. The molecule has 0 bridgehead atoms. The van der Waals surface area contributed by atoms with Crippen molar-refractivity contribution < 1.29 is 4.79 Å². The first-order chi connectivity index (χ1) is 10.0. The molecule has 112 valence electrons. The zero-order valence-corrected chi connectivity index (χ0v) is 13.3. The molecule has 0 saturated carbocycles. The summed E-state index contributed by atoms with van der Waals surface area (Å²) in [6, 6.07) is 7.25. The second-order valence-corrected chi connectivity index (χ2v) is 6.03. The Bertz CT molecular complexity index is 645. The molecule has 1 atom stereocenters.